The lowest BCUT2D eigenvalue weighted by Crippen LogP contribution is -2.16. The summed E-state index contributed by atoms with van der Waals surface area (Å²) in [5.74, 6) is 1.96. The first kappa shape index (κ1) is 14.6. The van der Waals surface area contributed by atoms with Crippen molar-refractivity contribution in [3.63, 3.8) is 0 Å². The molecule has 1 heterocycles. The molecule has 0 aliphatic heterocycles. The fourth-order valence-electron chi connectivity index (χ4n) is 2.33. The van der Waals surface area contributed by atoms with E-state index in [2.05, 4.69) is 40.8 Å². The van der Waals surface area contributed by atoms with Crippen LogP contribution in [-0.2, 0) is 13.1 Å². The molecule has 0 spiro atoms. The number of ether oxygens (including phenoxy) is 1. The van der Waals surface area contributed by atoms with Gasteiger partial charge in [-0.3, -0.25) is 0 Å². The summed E-state index contributed by atoms with van der Waals surface area (Å²) in [5, 5.41) is 3.35. The maximum absolute atomic E-state index is 5.46. The number of imidazole rings is 1. The standard InChI is InChI=1S/C16H23N3O/c1-5-17-9-15-10-18-13(3)19(15)11-14-8-12(2)6-7-16(14)20-4/h6-8,10,17H,5,9,11H2,1-4H3. The van der Waals surface area contributed by atoms with Crippen LogP contribution in [0.3, 0.4) is 0 Å². The van der Waals surface area contributed by atoms with E-state index in [9.17, 15) is 0 Å². The minimum absolute atomic E-state index is 0.789. The fourth-order valence-corrected chi connectivity index (χ4v) is 2.33. The quantitative estimate of drug-likeness (QED) is 0.879. The summed E-state index contributed by atoms with van der Waals surface area (Å²) < 4.78 is 7.70. The van der Waals surface area contributed by atoms with E-state index in [0.717, 1.165) is 31.2 Å². The fraction of sp³-hybridized carbons (Fsp3) is 0.438. The molecule has 0 amide bonds. The van der Waals surface area contributed by atoms with Gasteiger partial charge >= 0.3 is 0 Å². The van der Waals surface area contributed by atoms with Gasteiger partial charge < -0.3 is 14.6 Å². The van der Waals surface area contributed by atoms with E-state index in [0.29, 0.717) is 0 Å². The summed E-state index contributed by atoms with van der Waals surface area (Å²) in [4.78, 5) is 4.43. The lowest BCUT2D eigenvalue weighted by atomic mass is 10.1. The van der Waals surface area contributed by atoms with Crippen LogP contribution in [0.15, 0.2) is 24.4 Å². The van der Waals surface area contributed by atoms with Crippen molar-refractivity contribution in [2.45, 2.75) is 33.9 Å². The predicted octanol–water partition coefficient (Wildman–Crippen LogP) is 2.67. The highest BCUT2D eigenvalue weighted by molar-refractivity contribution is 5.37. The number of aromatic nitrogens is 2. The Balaban J connectivity index is 2.29. The largest absolute Gasteiger partial charge is 0.496 e. The van der Waals surface area contributed by atoms with Crippen LogP contribution in [0.25, 0.3) is 0 Å². The Kier molecular flexibility index (Phi) is 4.79. The third-order valence-electron chi connectivity index (χ3n) is 3.46. The molecule has 2 aromatic rings. The van der Waals surface area contributed by atoms with Crippen molar-refractivity contribution in [3.8, 4) is 5.75 Å². The Morgan fingerprint density at radius 2 is 2.10 bits per heavy atom. The molecular weight excluding hydrogens is 250 g/mol. The Bertz CT molecular complexity index is 575. The van der Waals surface area contributed by atoms with Crippen molar-refractivity contribution in [1.82, 2.24) is 14.9 Å². The van der Waals surface area contributed by atoms with E-state index in [-0.39, 0.29) is 0 Å². The van der Waals surface area contributed by atoms with Crippen LogP contribution < -0.4 is 10.1 Å². The minimum Gasteiger partial charge on any atom is -0.496 e. The van der Waals surface area contributed by atoms with E-state index in [1.807, 2.05) is 19.2 Å². The first-order chi connectivity index (χ1) is 9.65. The number of hydrogen-bond donors (Lipinski definition) is 1. The molecule has 2 rings (SSSR count). The van der Waals surface area contributed by atoms with E-state index in [1.54, 1.807) is 7.11 Å². The summed E-state index contributed by atoms with van der Waals surface area (Å²) in [6, 6.07) is 6.28. The zero-order valence-electron chi connectivity index (χ0n) is 12.7. The molecule has 20 heavy (non-hydrogen) atoms. The molecule has 4 heteroatoms. The second-order valence-corrected chi connectivity index (χ2v) is 4.98. The summed E-state index contributed by atoms with van der Waals surface area (Å²) in [6.07, 6.45) is 1.94. The number of rotatable bonds is 6. The van der Waals surface area contributed by atoms with Gasteiger partial charge in [0.15, 0.2) is 0 Å². The molecule has 0 aliphatic rings. The normalized spacial score (nSPS) is 10.8. The van der Waals surface area contributed by atoms with Crippen LogP contribution in [0.5, 0.6) is 5.75 Å². The highest BCUT2D eigenvalue weighted by Crippen LogP contribution is 2.22. The van der Waals surface area contributed by atoms with Gasteiger partial charge in [0.25, 0.3) is 0 Å². The Hall–Kier alpha value is -1.81. The molecule has 1 N–H and O–H groups in total. The average molecular weight is 273 g/mol. The van der Waals surface area contributed by atoms with Crippen LogP contribution in [0.4, 0.5) is 0 Å². The number of nitrogens with one attached hydrogen (secondary N) is 1. The molecular formula is C16H23N3O. The molecule has 0 saturated carbocycles. The monoisotopic (exact) mass is 273 g/mol. The summed E-state index contributed by atoms with van der Waals surface area (Å²) in [5.41, 5.74) is 3.63. The van der Waals surface area contributed by atoms with Crippen LogP contribution in [0, 0.1) is 13.8 Å². The van der Waals surface area contributed by atoms with Gasteiger partial charge in [-0.1, -0.05) is 24.6 Å². The van der Waals surface area contributed by atoms with Gasteiger partial charge in [0.2, 0.25) is 0 Å². The van der Waals surface area contributed by atoms with Crippen LogP contribution in [0.2, 0.25) is 0 Å². The van der Waals surface area contributed by atoms with E-state index >= 15 is 0 Å². The molecule has 0 saturated heterocycles. The lowest BCUT2D eigenvalue weighted by Gasteiger charge is -2.14. The SMILES string of the molecule is CCNCc1cnc(C)n1Cc1cc(C)ccc1OC. The first-order valence-electron chi connectivity index (χ1n) is 7.01. The molecule has 0 fully saturated rings. The number of benzene rings is 1. The first-order valence-corrected chi connectivity index (χ1v) is 7.01. The topological polar surface area (TPSA) is 39.1 Å². The van der Waals surface area contributed by atoms with Crippen LogP contribution >= 0.6 is 0 Å². The Morgan fingerprint density at radius 3 is 2.80 bits per heavy atom. The van der Waals surface area contributed by atoms with Gasteiger partial charge in [0.1, 0.15) is 11.6 Å². The molecule has 4 nitrogen and oxygen atoms in total. The molecule has 0 aliphatic carbocycles. The maximum atomic E-state index is 5.46. The van der Waals surface area contributed by atoms with E-state index < -0.39 is 0 Å². The number of hydrogen-bond acceptors (Lipinski definition) is 3. The molecule has 108 valence electrons. The Labute approximate surface area is 120 Å². The van der Waals surface area contributed by atoms with Gasteiger partial charge in [-0.25, -0.2) is 4.98 Å². The molecule has 0 radical (unpaired) electrons. The summed E-state index contributed by atoms with van der Waals surface area (Å²) in [7, 11) is 1.72. The average Bonchev–Trinajstić information content (AvgIpc) is 2.78. The highest BCUT2D eigenvalue weighted by atomic mass is 16.5. The maximum Gasteiger partial charge on any atom is 0.123 e. The smallest absolute Gasteiger partial charge is 0.123 e. The second kappa shape index (κ2) is 6.57. The third kappa shape index (κ3) is 3.20. The molecule has 1 aromatic heterocycles. The van der Waals surface area contributed by atoms with E-state index in [4.69, 9.17) is 4.74 Å². The van der Waals surface area contributed by atoms with Crippen molar-refractivity contribution in [2.24, 2.45) is 0 Å². The van der Waals surface area contributed by atoms with Crippen LogP contribution in [-0.4, -0.2) is 23.2 Å². The van der Waals surface area contributed by atoms with Crippen molar-refractivity contribution in [1.29, 1.82) is 0 Å². The lowest BCUT2D eigenvalue weighted by molar-refractivity contribution is 0.407. The van der Waals surface area contributed by atoms with Crippen LogP contribution in [0.1, 0.15) is 29.6 Å². The predicted molar refractivity (Wildman–Crippen MR) is 81.2 cm³/mol. The van der Waals surface area contributed by atoms with Crippen molar-refractivity contribution < 1.29 is 4.74 Å². The van der Waals surface area contributed by atoms with Gasteiger partial charge in [0.05, 0.1) is 19.3 Å². The van der Waals surface area contributed by atoms with Gasteiger partial charge in [-0.15, -0.1) is 0 Å². The molecule has 0 unspecified atom stereocenters. The molecule has 0 atom stereocenters. The van der Waals surface area contributed by atoms with E-state index in [1.165, 1.54) is 16.8 Å². The molecule has 1 aromatic carbocycles. The number of methoxy groups -OCH3 is 1. The third-order valence-corrected chi connectivity index (χ3v) is 3.46. The number of nitrogens with zero attached hydrogens (tertiary/aromatic N) is 2. The zero-order chi connectivity index (χ0) is 14.5. The molecule has 0 bridgehead atoms. The number of aryl methyl sites for hydroxylation is 2. The van der Waals surface area contributed by atoms with Gasteiger partial charge in [-0.05, 0) is 26.5 Å². The van der Waals surface area contributed by atoms with Gasteiger partial charge in [-0.2, -0.15) is 0 Å². The minimum atomic E-state index is 0.789. The Morgan fingerprint density at radius 1 is 1.30 bits per heavy atom. The summed E-state index contributed by atoms with van der Waals surface area (Å²) >= 11 is 0. The van der Waals surface area contributed by atoms with Crippen molar-refractivity contribution >= 4 is 0 Å². The summed E-state index contributed by atoms with van der Waals surface area (Å²) in [6.45, 7) is 8.83. The van der Waals surface area contributed by atoms with Gasteiger partial charge in [0, 0.05) is 18.3 Å². The highest BCUT2D eigenvalue weighted by Gasteiger charge is 2.10. The zero-order valence-corrected chi connectivity index (χ0v) is 12.7. The second-order valence-electron chi connectivity index (χ2n) is 4.98. The van der Waals surface area contributed by atoms with Crippen molar-refractivity contribution in [2.75, 3.05) is 13.7 Å². The van der Waals surface area contributed by atoms with Crippen molar-refractivity contribution in [3.05, 3.63) is 47.0 Å².